The quantitative estimate of drug-likeness (QED) is 0.573. The molecule has 0 saturated heterocycles. The summed E-state index contributed by atoms with van der Waals surface area (Å²) in [6.45, 7) is 5.32. The zero-order chi connectivity index (χ0) is 7.72. The SMILES string of the molecule is [CH2]c1n[nH]c(C(N)=O)c1C. The van der Waals surface area contributed by atoms with Gasteiger partial charge >= 0.3 is 0 Å². The van der Waals surface area contributed by atoms with Crippen LogP contribution in [0.1, 0.15) is 21.7 Å². The van der Waals surface area contributed by atoms with Crippen molar-refractivity contribution in [3.63, 3.8) is 0 Å². The minimum Gasteiger partial charge on any atom is -0.364 e. The highest BCUT2D eigenvalue weighted by Gasteiger charge is 2.08. The lowest BCUT2D eigenvalue weighted by atomic mass is 10.2. The summed E-state index contributed by atoms with van der Waals surface area (Å²) in [6.07, 6.45) is 0. The molecule has 0 atom stereocenters. The van der Waals surface area contributed by atoms with Crippen molar-refractivity contribution < 1.29 is 4.79 Å². The Balaban J connectivity index is 3.17. The number of carbonyl (C=O) groups is 1. The Hall–Kier alpha value is -1.32. The maximum Gasteiger partial charge on any atom is 0.266 e. The van der Waals surface area contributed by atoms with Gasteiger partial charge in [-0.1, -0.05) is 0 Å². The number of hydrogen-bond donors (Lipinski definition) is 2. The first kappa shape index (κ1) is 6.80. The van der Waals surface area contributed by atoms with Crippen LogP contribution >= 0.6 is 0 Å². The first-order valence-corrected chi connectivity index (χ1v) is 2.79. The lowest BCUT2D eigenvalue weighted by Gasteiger charge is -1.89. The third-order valence-corrected chi connectivity index (χ3v) is 1.36. The lowest BCUT2D eigenvalue weighted by Crippen LogP contribution is -2.12. The number of nitrogens with one attached hydrogen (secondary N) is 1. The number of aromatic nitrogens is 2. The second-order valence-corrected chi connectivity index (χ2v) is 2.03. The number of hydrogen-bond acceptors (Lipinski definition) is 2. The molecule has 10 heavy (non-hydrogen) atoms. The fourth-order valence-corrected chi connectivity index (χ4v) is 0.675. The largest absolute Gasteiger partial charge is 0.364 e. The number of H-pyrrole nitrogens is 1. The monoisotopic (exact) mass is 138 g/mol. The molecular formula is C6H8N3O. The predicted molar refractivity (Wildman–Crippen MR) is 36.3 cm³/mol. The molecule has 0 aliphatic carbocycles. The van der Waals surface area contributed by atoms with Gasteiger partial charge < -0.3 is 5.73 Å². The molecule has 0 aliphatic rings. The Kier molecular flexibility index (Phi) is 1.45. The van der Waals surface area contributed by atoms with Gasteiger partial charge in [0.1, 0.15) is 5.69 Å². The second-order valence-electron chi connectivity index (χ2n) is 2.03. The van der Waals surface area contributed by atoms with Crippen LogP contribution in [0.2, 0.25) is 0 Å². The van der Waals surface area contributed by atoms with Crippen LogP contribution in [0.5, 0.6) is 0 Å². The van der Waals surface area contributed by atoms with E-state index in [0.29, 0.717) is 17.0 Å². The molecule has 1 rings (SSSR count). The van der Waals surface area contributed by atoms with Crippen molar-refractivity contribution in [3.8, 4) is 0 Å². The molecule has 0 unspecified atom stereocenters. The summed E-state index contributed by atoms with van der Waals surface area (Å²) < 4.78 is 0. The van der Waals surface area contributed by atoms with Crippen LogP contribution in [0.25, 0.3) is 0 Å². The topological polar surface area (TPSA) is 71.8 Å². The van der Waals surface area contributed by atoms with Gasteiger partial charge in [0.2, 0.25) is 0 Å². The third-order valence-electron chi connectivity index (χ3n) is 1.36. The van der Waals surface area contributed by atoms with E-state index in [1.54, 1.807) is 6.92 Å². The van der Waals surface area contributed by atoms with Crippen molar-refractivity contribution in [2.24, 2.45) is 5.73 Å². The van der Waals surface area contributed by atoms with Gasteiger partial charge in [0.15, 0.2) is 0 Å². The lowest BCUT2D eigenvalue weighted by molar-refractivity contribution is 0.0995. The molecule has 0 aliphatic heterocycles. The first-order valence-electron chi connectivity index (χ1n) is 2.79. The van der Waals surface area contributed by atoms with Gasteiger partial charge in [0.05, 0.1) is 5.69 Å². The van der Waals surface area contributed by atoms with E-state index in [1.807, 2.05) is 0 Å². The van der Waals surface area contributed by atoms with E-state index in [2.05, 4.69) is 17.1 Å². The molecule has 0 fully saturated rings. The Labute approximate surface area is 58.4 Å². The van der Waals surface area contributed by atoms with Crippen LogP contribution in [0.4, 0.5) is 0 Å². The standard InChI is InChI=1S/C6H8N3O/c1-3-4(2)8-9-5(3)6(7)10/h2H2,1H3,(H2,7,10)(H,8,9). The molecule has 0 spiro atoms. The van der Waals surface area contributed by atoms with Crippen LogP contribution in [-0.4, -0.2) is 16.1 Å². The number of nitrogens with zero attached hydrogens (tertiary/aromatic N) is 1. The van der Waals surface area contributed by atoms with E-state index >= 15 is 0 Å². The smallest absolute Gasteiger partial charge is 0.266 e. The van der Waals surface area contributed by atoms with E-state index < -0.39 is 5.91 Å². The number of carbonyl (C=O) groups excluding carboxylic acids is 1. The molecule has 1 amide bonds. The molecular weight excluding hydrogens is 130 g/mol. The minimum absolute atomic E-state index is 0.338. The highest BCUT2D eigenvalue weighted by Crippen LogP contribution is 2.06. The number of nitrogens with two attached hydrogens (primary N) is 1. The van der Waals surface area contributed by atoms with Crippen molar-refractivity contribution >= 4 is 5.91 Å². The summed E-state index contributed by atoms with van der Waals surface area (Å²) in [4.78, 5) is 10.6. The van der Waals surface area contributed by atoms with Gasteiger partial charge in [0, 0.05) is 5.56 Å². The number of aromatic amines is 1. The predicted octanol–water partition coefficient (Wildman–Crippen LogP) is -0.000790. The van der Waals surface area contributed by atoms with Crippen molar-refractivity contribution in [2.75, 3.05) is 0 Å². The van der Waals surface area contributed by atoms with Crippen LogP contribution < -0.4 is 5.73 Å². The van der Waals surface area contributed by atoms with E-state index in [4.69, 9.17) is 5.73 Å². The first-order chi connectivity index (χ1) is 4.63. The van der Waals surface area contributed by atoms with E-state index in [1.165, 1.54) is 0 Å². The summed E-state index contributed by atoms with van der Waals surface area (Å²) in [7, 11) is 0. The highest BCUT2D eigenvalue weighted by atomic mass is 16.1. The third kappa shape index (κ3) is 0.877. The normalized spacial score (nSPS) is 9.80. The van der Waals surface area contributed by atoms with Crippen LogP contribution in [0, 0.1) is 13.8 Å². The zero-order valence-electron chi connectivity index (χ0n) is 5.64. The summed E-state index contributed by atoms with van der Waals surface area (Å²) in [5.74, 6) is -0.500. The van der Waals surface area contributed by atoms with Gasteiger partial charge in [-0.05, 0) is 13.8 Å². The second kappa shape index (κ2) is 2.13. The molecule has 3 N–H and O–H groups in total. The molecule has 4 heteroatoms. The average molecular weight is 138 g/mol. The van der Waals surface area contributed by atoms with Gasteiger partial charge in [-0.2, -0.15) is 5.10 Å². The maximum absolute atomic E-state index is 10.6. The van der Waals surface area contributed by atoms with Crippen molar-refractivity contribution in [1.82, 2.24) is 10.2 Å². The Morgan fingerprint density at radius 3 is 2.60 bits per heavy atom. The van der Waals surface area contributed by atoms with Crippen LogP contribution in [0.15, 0.2) is 0 Å². The average Bonchev–Trinajstić information content (AvgIpc) is 2.14. The van der Waals surface area contributed by atoms with E-state index in [0.717, 1.165) is 0 Å². The van der Waals surface area contributed by atoms with Gasteiger partial charge in [-0.3, -0.25) is 9.89 Å². The van der Waals surface area contributed by atoms with Gasteiger partial charge in [-0.15, -0.1) is 0 Å². The Bertz CT molecular complexity index is 264. The number of amides is 1. The number of primary amides is 1. The Morgan fingerprint density at radius 1 is 1.80 bits per heavy atom. The highest BCUT2D eigenvalue weighted by molar-refractivity contribution is 5.92. The molecule has 1 aromatic rings. The fraction of sp³-hybridized carbons (Fsp3) is 0.167. The summed E-state index contributed by atoms with van der Waals surface area (Å²) in [5, 5.41) is 6.19. The molecule has 53 valence electrons. The fourth-order valence-electron chi connectivity index (χ4n) is 0.675. The van der Waals surface area contributed by atoms with Gasteiger partial charge in [-0.25, -0.2) is 0 Å². The summed E-state index contributed by atoms with van der Waals surface area (Å²) in [5.41, 5.74) is 6.61. The van der Waals surface area contributed by atoms with Crippen molar-refractivity contribution in [3.05, 3.63) is 23.9 Å². The molecule has 0 saturated carbocycles. The molecule has 0 bridgehead atoms. The maximum atomic E-state index is 10.6. The van der Waals surface area contributed by atoms with Crippen molar-refractivity contribution in [1.29, 1.82) is 0 Å². The molecule has 1 aromatic heterocycles. The molecule has 0 aromatic carbocycles. The minimum atomic E-state index is -0.500. The van der Waals surface area contributed by atoms with E-state index in [9.17, 15) is 4.79 Å². The molecule has 1 radical (unpaired) electrons. The van der Waals surface area contributed by atoms with Gasteiger partial charge in [0.25, 0.3) is 5.91 Å². The van der Waals surface area contributed by atoms with Crippen molar-refractivity contribution in [2.45, 2.75) is 6.92 Å². The molecule has 1 heterocycles. The van der Waals surface area contributed by atoms with Crippen LogP contribution in [-0.2, 0) is 0 Å². The summed E-state index contributed by atoms with van der Waals surface area (Å²) in [6, 6.07) is 0. The van der Waals surface area contributed by atoms with Crippen LogP contribution in [0.3, 0.4) is 0 Å². The molecule has 4 nitrogen and oxygen atoms in total. The summed E-state index contributed by atoms with van der Waals surface area (Å²) >= 11 is 0. The van der Waals surface area contributed by atoms with E-state index in [-0.39, 0.29) is 0 Å². The Morgan fingerprint density at radius 2 is 2.40 bits per heavy atom. The number of rotatable bonds is 1. The zero-order valence-corrected chi connectivity index (χ0v) is 5.64.